The van der Waals surface area contributed by atoms with E-state index in [0.29, 0.717) is 5.76 Å². The first-order valence-electron chi connectivity index (χ1n) is 6.09. The van der Waals surface area contributed by atoms with Gasteiger partial charge in [0.15, 0.2) is 0 Å². The molecule has 0 saturated heterocycles. The smallest absolute Gasteiger partial charge is 0.334 e. The van der Waals surface area contributed by atoms with Crippen LogP contribution in [0.5, 0.6) is 5.75 Å². The summed E-state index contributed by atoms with van der Waals surface area (Å²) in [5.74, 6) is 0.827. The Balaban J connectivity index is 2.45. The number of carbonyl (C=O) groups is 1. The molecule has 20 heavy (non-hydrogen) atoms. The van der Waals surface area contributed by atoms with Gasteiger partial charge in [0, 0.05) is 5.56 Å². The molecule has 0 saturated carbocycles. The van der Waals surface area contributed by atoms with Gasteiger partial charge in [0.2, 0.25) is 0 Å². The van der Waals surface area contributed by atoms with Gasteiger partial charge in [-0.25, -0.2) is 4.79 Å². The van der Waals surface area contributed by atoms with Crippen molar-refractivity contribution in [3.63, 3.8) is 0 Å². The Bertz CT molecular complexity index is 659. The summed E-state index contributed by atoms with van der Waals surface area (Å²) >= 11 is 0. The van der Waals surface area contributed by atoms with Crippen molar-refractivity contribution in [1.82, 2.24) is 0 Å². The molecular weight excluding hydrogens is 256 g/mol. The summed E-state index contributed by atoms with van der Waals surface area (Å²) in [4.78, 5) is 11.3. The third-order valence-electron chi connectivity index (χ3n) is 3.00. The summed E-state index contributed by atoms with van der Waals surface area (Å²) in [5, 5.41) is 2.10. The second kappa shape index (κ2) is 6.10. The quantitative estimate of drug-likeness (QED) is 0.487. The van der Waals surface area contributed by atoms with Crippen LogP contribution in [0.15, 0.2) is 42.5 Å². The van der Waals surface area contributed by atoms with E-state index in [9.17, 15) is 4.79 Å². The molecule has 0 atom stereocenters. The zero-order chi connectivity index (χ0) is 14.5. The SMILES string of the molecule is COC(=O)/C=C(/OC)c1ccc2cc(OC)ccc2c1. The predicted molar refractivity (Wildman–Crippen MR) is 77.5 cm³/mol. The lowest BCUT2D eigenvalue weighted by atomic mass is 10.1. The van der Waals surface area contributed by atoms with Gasteiger partial charge in [-0.2, -0.15) is 0 Å². The van der Waals surface area contributed by atoms with E-state index in [1.165, 1.54) is 20.3 Å². The first-order chi connectivity index (χ1) is 9.67. The van der Waals surface area contributed by atoms with Crippen molar-refractivity contribution in [2.45, 2.75) is 0 Å². The van der Waals surface area contributed by atoms with Crippen LogP contribution in [0.3, 0.4) is 0 Å². The van der Waals surface area contributed by atoms with Gasteiger partial charge in [0.1, 0.15) is 11.5 Å². The first kappa shape index (κ1) is 13.9. The van der Waals surface area contributed by atoms with Crippen molar-refractivity contribution in [3.05, 3.63) is 48.0 Å². The Labute approximate surface area is 117 Å². The summed E-state index contributed by atoms with van der Waals surface area (Å²) in [5.41, 5.74) is 0.815. The minimum absolute atomic E-state index is 0.448. The predicted octanol–water partition coefficient (Wildman–Crippen LogP) is 3.01. The zero-order valence-corrected chi connectivity index (χ0v) is 11.7. The van der Waals surface area contributed by atoms with Crippen molar-refractivity contribution in [2.24, 2.45) is 0 Å². The molecule has 4 nitrogen and oxygen atoms in total. The lowest BCUT2D eigenvalue weighted by Crippen LogP contribution is -1.98. The summed E-state index contributed by atoms with van der Waals surface area (Å²) in [6, 6.07) is 11.6. The number of fused-ring (bicyclic) bond motifs is 1. The van der Waals surface area contributed by atoms with Gasteiger partial charge < -0.3 is 14.2 Å². The number of rotatable bonds is 4. The lowest BCUT2D eigenvalue weighted by Gasteiger charge is -2.08. The van der Waals surface area contributed by atoms with Gasteiger partial charge >= 0.3 is 5.97 Å². The molecule has 0 N–H and O–H groups in total. The van der Waals surface area contributed by atoms with Crippen LogP contribution in [0.2, 0.25) is 0 Å². The fraction of sp³-hybridized carbons (Fsp3) is 0.188. The van der Waals surface area contributed by atoms with Crippen molar-refractivity contribution in [1.29, 1.82) is 0 Å². The van der Waals surface area contributed by atoms with Crippen molar-refractivity contribution in [3.8, 4) is 5.75 Å². The van der Waals surface area contributed by atoms with E-state index in [4.69, 9.17) is 9.47 Å². The van der Waals surface area contributed by atoms with E-state index >= 15 is 0 Å². The first-order valence-corrected chi connectivity index (χ1v) is 6.09. The topological polar surface area (TPSA) is 44.8 Å². The van der Waals surface area contributed by atoms with Crippen LogP contribution in [0.25, 0.3) is 16.5 Å². The van der Waals surface area contributed by atoms with E-state index in [-0.39, 0.29) is 0 Å². The molecule has 4 heteroatoms. The molecular formula is C16H16O4. The molecule has 0 heterocycles. The third-order valence-corrected chi connectivity index (χ3v) is 3.00. The number of hydrogen-bond donors (Lipinski definition) is 0. The molecule has 0 radical (unpaired) electrons. The molecule has 0 bridgehead atoms. The standard InChI is InChI=1S/C16H16O4/c1-18-14-7-6-11-8-13(5-4-12(11)9-14)15(19-2)10-16(17)20-3/h4-10H,1-3H3/b15-10+. The number of carbonyl (C=O) groups excluding carboxylic acids is 1. The maximum atomic E-state index is 11.3. The largest absolute Gasteiger partial charge is 0.497 e. The highest BCUT2D eigenvalue weighted by atomic mass is 16.5. The third kappa shape index (κ3) is 2.91. The normalized spacial score (nSPS) is 11.2. The van der Waals surface area contributed by atoms with Crippen molar-refractivity contribution < 1.29 is 19.0 Å². The van der Waals surface area contributed by atoms with Crippen LogP contribution in [-0.4, -0.2) is 27.3 Å². The molecule has 0 unspecified atom stereocenters. The van der Waals surface area contributed by atoms with Crippen molar-refractivity contribution >= 4 is 22.5 Å². The second-order valence-electron chi connectivity index (χ2n) is 4.16. The van der Waals surface area contributed by atoms with E-state index < -0.39 is 5.97 Å². The van der Waals surface area contributed by atoms with E-state index in [1.807, 2.05) is 36.4 Å². The van der Waals surface area contributed by atoms with Gasteiger partial charge in [-0.3, -0.25) is 0 Å². The average molecular weight is 272 g/mol. The Hall–Kier alpha value is -2.49. The Morgan fingerprint density at radius 1 is 0.950 bits per heavy atom. The minimum Gasteiger partial charge on any atom is -0.497 e. The summed E-state index contributed by atoms with van der Waals surface area (Å²) in [6.07, 6.45) is 1.32. The summed E-state index contributed by atoms with van der Waals surface area (Å²) in [6.45, 7) is 0. The summed E-state index contributed by atoms with van der Waals surface area (Å²) < 4.78 is 15.0. The fourth-order valence-electron chi connectivity index (χ4n) is 1.93. The van der Waals surface area contributed by atoms with Crippen LogP contribution >= 0.6 is 0 Å². The molecule has 0 fully saturated rings. The number of benzene rings is 2. The molecule has 0 aromatic heterocycles. The second-order valence-corrected chi connectivity index (χ2v) is 4.16. The molecule has 0 aliphatic rings. The average Bonchev–Trinajstić information content (AvgIpc) is 2.51. The highest BCUT2D eigenvalue weighted by Crippen LogP contribution is 2.25. The molecule has 104 valence electrons. The maximum Gasteiger partial charge on any atom is 0.334 e. The number of methoxy groups -OCH3 is 3. The minimum atomic E-state index is -0.448. The van der Waals surface area contributed by atoms with Crippen LogP contribution in [0.4, 0.5) is 0 Å². The van der Waals surface area contributed by atoms with Gasteiger partial charge in [-0.15, -0.1) is 0 Å². The molecule has 0 aliphatic carbocycles. The molecule has 2 aromatic rings. The fourth-order valence-corrected chi connectivity index (χ4v) is 1.93. The van der Waals surface area contributed by atoms with Gasteiger partial charge in [-0.05, 0) is 29.0 Å². The Morgan fingerprint density at radius 3 is 2.30 bits per heavy atom. The Kier molecular flexibility index (Phi) is 4.25. The molecule has 0 amide bonds. The van der Waals surface area contributed by atoms with Gasteiger partial charge in [-0.1, -0.05) is 18.2 Å². The number of esters is 1. The van der Waals surface area contributed by atoms with Gasteiger partial charge in [0.05, 0.1) is 27.4 Å². The Morgan fingerprint density at radius 2 is 1.65 bits per heavy atom. The zero-order valence-electron chi connectivity index (χ0n) is 11.7. The van der Waals surface area contributed by atoms with E-state index in [2.05, 4.69) is 4.74 Å². The van der Waals surface area contributed by atoms with Crippen LogP contribution in [-0.2, 0) is 14.3 Å². The van der Waals surface area contributed by atoms with Crippen molar-refractivity contribution in [2.75, 3.05) is 21.3 Å². The highest BCUT2D eigenvalue weighted by Gasteiger charge is 2.06. The monoisotopic (exact) mass is 272 g/mol. The molecule has 0 aliphatic heterocycles. The summed E-state index contributed by atoms with van der Waals surface area (Å²) in [7, 11) is 4.49. The van der Waals surface area contributed by atoms with Crippen LogP contribution in [0, 0.1) is 0 Å². The molecule has 2 aromatic carbocycles. The van der Waals surface area contributed by atoms with E-state index in [0.717, 1.165) is 22.1 Å². The van der Waals surface area contributed by atoms with Crippen LogP contribution < -0.4 is 4.74 Å². The molecule has 0 spiro atoms. The number of hydrogen-bond acceptors (Lipinski definition) is 4. The van der Waals surface area contributed by atoms with Gasteiger partial charge in [0.25, 0.3) is 0 Å². The van der Waals surface area contributed by atoms with Crippen LogP contribution in [0.1, 0.15) is 5.56 Å². The maximum absolute atomic E-state index is 11.3. The highest BCUT2D eigenvalue weighted by molar-refractivity contribution is 5.92. The lowest BCUT2D eigenvalue weighted by molar-refractivity contribution is -0.134. The number of ether oxygens (including phenoxy) is 3. The molecule has 2 rings (SSSR count). The van der Waals surface area contributed by atoms with E-state index in [1.54, 1.807) is 7.11 Å².